The van der Waals surface area contributed by atoms with Crippen LogP contribution in [0.15, 0.2) is 54.4 Å². The Labute approximate surface area is 105 Å². The highest BCUT2D eigenvalue weighted by Gasteiger charge is 2.33. The number of cyclic esters (lactones) is 1. The molecule has 4 nitrogen and oxygen atoms in total. The number of allylic oxidation sites excluding steroid dienone is 2. The third-order valence-electron chi connectivity index (χ3n) is 2.55. The Morgan fingerprint density at radius 1 is 1.28 bits per heavy atom. The molecule has 1 atom stereocenters. The molecule has 2 rings (SSSR count). The van der Waals surface area contributed by atoms with Gasteiger partial charge < -0.3 is 10.1 Å². The molecule has 0 spiro atoms. The first-order valence-corrected chi connectivity index (χ1v) is 5.52. The molecule has 1 aliphatic rings. The van der Waals surface area contributed by atoms with Crippen molar-refractivity contribution in [3.63, 3.8) is 0 Å². The monoisotopic (exact) mass is 243 g/mol. The number of nitrogens with one attached hydrogen (secondary N) is 1. The second kappa shape index (κ2) is 4.87. The predicted octanol–water partition coefficient (Wildman–Crippen LogP) is 2.26. The second-order valence-corrected chi connectivity index (χ2v) is 4.03. The Morgan fingerprint density at radius 3 is 2.56 bits per heavy atom. The van der Waals surface area contributed by atoms with Gasteiger partial charge >= 0.3 is 5.97 Å². The molecule has 0 radical (unpaired) electrons. The fourth-order valence-electron chi connectivity index (χ4n) is 1.74. The number of hydrogen-bond donors (Lipinski definition) is 1. The zero-order chi connectivity index (χ0) is 13.1. The molecule has 0 saturated heterocycles. The Morgan fingerprint density at radius 2 is 1.94 bits per heavy atom. The summed E-state index contributed by atoms with van der Waals surface area (Å²) in [6.07, 6.45) is 1.31. The van der Waals surface area contributed by atoms with Crippen LogP contribution in [-0.2, 0) is 14.3 Å². The average molecular weight is 243 g/mol. The molecule has 0 aliphatic carbocycles. The number of esters is 1. The van der Waals surface area contributed by atoms with Gasteiger partial charge in [0.25, 0.3) is 0 Å². The number of carbonyl (C=O) groups is 2. The molecule has 1 unspecified atom stereocenters. The van der Waals surface area contributed by atoms with E-state index in [1.54, 1.807) is 6.92 Å². The summed E-state index contributed by atoms with van der Waals surface area (Å²) in [7, 11) is 0. The molecule has 18 heavy (non-hydrogen) atoms. The Bertz CT molecular complexity index is 531. The molecule has 4 heteroatoms. The van der Waals surface area contributed by atoms with Gasteiger partial charge in [0.15, 0.2) is 11.7 Å². The number of ether oxygens (including phenoxy) is 1. The molecular formula is C14H13NO3. The van der Waals surface area contributed by atoms with Crippen molar-refractivity contribution < 1.29 is 14.3 Å². The van der Waals surface area contributed by atoms with Gasteiger partial charge in [-0.3, -0.25) is 9.59 Å². The van der Waals surface area contributed by atoms with Crippen molar-refractivity contribution in [2.75, 3.05) is 5.32 Å². The van der Waals surface area contributed by atoms with E-state index in [-0.39, 0.29) is 5.78 Å². The van der Waals surface area contributed by atoms with Crippen LogP contribution in [0.25, 0.3) is 0 Å². The number of para-hydroxylation sites is 1. The number of ketones is 1. The molecule has 0 bridgehead atoms. The van der Waals surface area contributed by atoms with Gasteiger partial charge in [-0.1, -0.05) is 24.8 Å². The first-order chi connectivity index (χ1) is 8.58. The maximum atomic E-state index is 11.8. The third-order valence-corrected chi connectivity index (χ3v) is 2.55. The van der Waals surface area contributed by atoms with Gasteiger partial charge in [-0.05, 0) is 19.1 Å². The molecule has 1 N–H and O–H groups in total. The van der Waals surface area contributed by atoms with Crippen LogP contribution < -0.4 is 5.32 Å². The van der Waals surface area contributed by atoms with E-state index in [0.29, 0.717) is 11.5 Å². The minimum Gasteiger partial charge on any atom is -0.430 e. The number of carbonyl (C=O) groups excluding carboxylic acids is 2. The van der Waals surface area contributed by atoms with Crippen molar-refractivity contribution in [3.05, 3.63) is 54.4 Å². The van der Waals surface area contributed by atoms with E-state index in [9.17, 15) is 9.59 Å². The summed E-state index contributed by atoms with van der Waals surface area (Å²) in [6.45, 7) is 5.31. The lowest BCUT2D eigenvalue weighted by Crippen LogP contribution is -2.32. The van der Waals surface area contributed by atoms with Crippen LogP contribution in [0.3, 0.4) is 0 Å². The zero-order valence-electron chi connectivity index (χ0n) is 9.97. The summed E-state index contributed by atoms with van der Waals surface area (Å²) in [4.78, 5) is 23.4. The summed E-state index contributed by atoms with van der Waals surface area (Å²) in [5.41, 5.74) is 1.09. The van der Waals surface area contributed by atoms with Crippen LogP contribution in [0.4, 0.5) is 5.69 Å². The highest BCUT2D eigenvalue weighted by Crippen LogP contribution is 2.22. The molecular weight excluding hydrogens is 230 g/mol. The Kier molecular flexibility index (Phi) is 3.28. The topological polar surface area (TPSA) is 55.4 Å². The maximum Gasteiger partial charge on any atom is 0.327 e. The lowest BCUT2D eigenvalue weighted by molar-refractivity contribution is -0.147. The van der Waals surface area contributed by atoms with Gasteiger partial charge in [-0.2, -0.15) is 0 Å². The van der Waals surface area contributed by atoms with Gasteiger partial charge in [0.1, 0.15) is 5.76 Å². The van der Waals surface area contributed by atoms with E-state index in [0.717, 1.165) is 5.69 Å². The van der Waals surface area contributed by atoms with E-state index in [1.807, 2.05) is 30.3 Å². The van der Waals surface area contributed by atoms with E-state index in [4.69, 9.17) is 4.74 Å². The number of rotatable bonds is 3. The molecule has 1 heterocycles. The highest BCUT2D eigenvalue weighted by molar-refractivity contribution is 6.10. The first-order valence-electron chi connectivity index (χ1n) is 5.52. The molecule has 1 aromatic rings. The van der Waals surface area contributed by atoms with Crippen LogP contribution >= 0.6 is 0 Å². The number of anilines is 1. The molecule has 0 aromatic heterocycles. The van der Waals surface area contributed by atoms with Gasteiger partial charge in [-0.25, -0.2) is 0 Å². The predicted molar refractivity (Wildman–Crippen MR) is 67.6 cm³/mol. The summed E-state index contributed by atoms with van der Waals surface area (Å²) < 4.78 is 4.93. The standard InChI is InChI=1S/C14H13NO3/c1-9-8-12(16)13(14(17)18-9)10(2)15-11-6-4-3-5-7-11/h3-8,13,15H,2H2,1H3. The van der Waals surface area contributed by atoms with E-state index < -0.39 is 11.9 Å². The minimum atomic E-state index is -0.978. The number of hydrogen-bond acceptors (Lipinski definition) is 4. The summed E-state index contributed by atoms with van der Waals surface area (Å²) in [6, 6.07) is 9.22. The zero-order valence-corrected chi connectivity index (χ0v) is 9.97. The minimum absolute atomic E-state index is 0.308. The summed E-state index contributed by atoms with van der Waals surface area (Å²) in [5, 5.41) is 2.94. The van der Waals surface area contributed by atoms with Crippen molar-refractivity contribution in [2.45, 2.75) is 6.92 Å². The van der Waals surface area contributed by atoms with Crippen molar-refractivity contribution in [1.82, 2.24) is 0 Å². The van der Waals surface area contributed by atoms with E-state index >= 15 is 0 Å². The average Bonchev–Trinajstić information content (AvgIpc) is 2.28. The van der Waals surface area contributed by atoms with Crippen LogP contribution in [-0.4, -0.2) is 11.8 Å². The summed E-state index contributed by atoms with van der Waals surface area (Å²) >= 11 is 0. The molecule has 1 aliphatic heterocycles. The van der Waals surface area contributed by atoms with Crippen molar-refractivity contribution in [2.24, 2.45) is 5.92 Å². The third kappa shape index (κ3) is 2.48. The number of benzene rings is 1. The lowest BCUT2D eigenvalue weighted by atomic mass is 9.98. The fraction of sp³-hybridized carbons (Fsp3) is 0.143. The van der Waals surface area contributed by atoms with Gasteiger partial charge in [0.2, 0.25) is 0 Å². The molecule has 0 fully saturated rings. The van der Waals surface area contributed by atoms with Crippen molar-refractivity contribution >= 4 is 17.4 Å². The van der Waals surface area contributed by atoms with Crippen LogP contribution in [0.1, 0.15) is 6.92 Å². The van der Waals surface area contributed by atoms with Gasteiger partial charge in [-0.15, -0.1) is 0 Å². The summed E-state index contributed by atoms with van der Waals surface area (Å²) in [5.74, 6) is -1.56. The smallest absolute Gasteiger partial charge is 0.327 e. The molecule has 1 aromatic carbocycles. The Hall–Kier alpha value is -2.36. The quantitative estimate of drug-likeness (QED) is 0.653. The lowest BCUT2D eigenvalue weighted by Gasteiger charge is -2.21. The fourth-order valence-corrected chi connectivity index (χ4v) is 1.74. The van der Waals surface area contributed by atoms with E-state index in [1.165, 1.54) is 6.08 Å². The van der Waals surface area contributed by atoms with Gasteiger partial charge in [0.05, 0.1) is 0 Å². The van der Waals surface area contributed by atoms with Crippen molar-refractivity contribution in [1.29, 1.82) is 0 Å². The SMILES string of the molecule is C=C(Nc1ccccc1)C1C(=O)C=C(C)OC1=O. The normalized spacial score (nSPS) is 18.9. The van der Waals surface area contributed by atoms with Crippen LogP contribution in [0.2, 0.25) is 0 Å². The van der Waals surface area contributed by atoms with Crippen LogP contribution in [0.5, 0.6) is 0 Å². The highest BCUT2D eigenvalue weighted by atomic mass is 16.5. The Balaban J connectivity index is 2.15. The van der Waals surface area contributed by atoms with Gasteiger partial charge in [0, 0.05) is 17.5 Å². The molecule has 0 saturated carbocycles. The maximum absolute atomic E-state index is 11.8. The first kappa shape index (κ1) is 12.1. The van der Waals surface area contributed by atoms with Crippen molar-refractivity contribution in [3.8, 4) is 0 Å². The molecule has 0 amide bonds. The van der Waals surface area contributed by atoms with E-state index in [2.05, 4.69) is 11.9 Å². The second-order valence-electron chi connectivity index (χ2n) is 4.03. The molecule has 92 valence electrons. The van der Waals surface area contributed by atoms with Crippen LogP contribution in [0, 0.1) is 5.92 Å². The largest absolute Gasteiger partial charge is 0.430 e.